The fourth-order valence-corrected chi connectivity index (χ4v) is 1.19. The van der Waals surface area contributed by atoms with Gasteiger partial charge in [-0.3, -0.25) is 0 Å². The van der Waals surface area contributed by atoms with Gasteiger partial charge in [0.25, 0.3) is 0 Å². The Morgan fingerprint density at radius 1 is 1.33 bits per heavy atom. The summed E-state index contributed by atoms with van der Waals surface area (Å²) in [5, 5.41) is 25.0. The molecular formula is C10H8N4O. The van der Waals surface area contributed by atoms with Crippen molar-refractivity contribution >= 4 is 0 Å². The highest BCUT2D eigenvalue weighted by Crippen LogP contribution is 2.08. The molecule has 0 spiro atoms. The number of benzene rings is 1. The number of aliphatic hydroxyl groups excluding tert-OH is 1. The molecule has 1 heterocycles. The Hall–Kier alpha value is -2.19. The van der Waals surface area contributed by atoms with Gasteiger partial charge in [0.05, 0.1) is 30.1 Å². The van der Waals surface area contributed by atoms with E-state index in [0.29, 0.717) is 11.3 Å². The molecule has 0 radical (unpaired) electrons. The molecule has 5 heteroatoms. The Morgan fingerprint density at radius 2 is 2.07 bits per heavy atom. The smallest absolute Gasteiger partial charge is 0.109 e. The molecule has 0 atom stereocenters. The number of nitrogens with zero attached hydrogens (tertiary/aromatic N) is 4. The van der Waals surface area contributed by atoms with Gasteiger partial charge in [-0.25, -0.2) is 4.68 Å². The van der Waals surface area contributed by atoms with E-state index in [2.05, 4.69) is 10.3 Å². The van der Waals surface area contributed by atoms with Gasteiger partial charge in [-0.15, -0.1) is 5.10 Å². The van der Waals surface area contributed by atoms with E-state index in [1.807, 2.05) is 6.07 Å². The Kier molecular flexibility index (Phi) is 2.44. The van der Waals surface area contributed by atoms with E-state index in [1.54, 1.807) is 35.1 Å². The summed E-state index contributed by atoms with van der Waals surface area (Å²) in [4.78, 5) is 0. The fraction of sp³-hybridized carbons (Fsp3) is 0.100. The molecule has 1 N–H and O–H groups in total. The molecular weight excluding hydrogens is 192 g/mol. The molecule has 2 aromatic rings. The summed E-state index contributed by atoms with van der Waals surface area (Å²) in [7, 11) is 0. The maximum atomic E-state index is 8.82. The van der Waals surface area contributed by atoms with Crippen LogP contribution in [0.5, 0.6) is 0 Å². The number of hydrogen-bond acceptors (Lipinski definition) is 4. The van der Waals surface area contributed by atoms with Crippen LogP contribution in [0.4, 0.5) is 0 Å². The van der Waals surface area contributed by atoms with Crippen molar-refractivity contribution in [3.05, 3.63) is 41.7 Å². The Bertz CT molecular complexity index is 495. The average Bonchev–Trinajstić information content (AvgIpc) is 2.78. The summed E-state index contributed by atoms with van der Waals surface area (Å²) in [5.74, 6) is 0. The van der Waals surface area contributed by atoms with Crippen molar-refractivity contribution in [1.82, 2.24) is 15.0 Å². The first kappa shape index (κ1) is 9.37. The molecule has 5 nitrogen and oxygen atoms in total. The third kappa shape index (κ3) is 1.85. The SMILES string of the molecule is N#Cc1ccc(-n2cc(CO)nn2)cc1. The zero-order valence-corrected chi connectivity index (χ0v) is 7.83. The van der Waals surface area contributed by atoms with Crippen molar-refractivity contribution in [3.8, 4) is 11.8 Å². The molecule has 0 saturated heterocycles. The largest absolute Gasteiger partial charge is 0.390 e. The number of rotatable bonds is 2. The predicted molar refractivity (Wildman–Crippen MR) is 52.0 cm³/mol. The first-order valence-electron chi connectivity index (χ1n) is 4.36. The second kappa shape index (κ2) is 3.90. The van der Waals surface area contributed by atoms with Crippen LogP contribution in [0.3, 0.4) is 0 Å². The van der Waals surface area contributed by atoms with Crippen LogP contribution in [0.15, 0.2) is 30.5 Å². The monoisotopic (exact) mass is 200 g/mol. The zero-order valence-electron chi connectivity index (χ0n) is 7.83. The lowest BCUT2D eigenvalue weighted by Gasteiger charge is -1.98. The third-order valence-electron chi connectivity index (χ3n) is 1.96. The number of aliphatic hydroxyl groups is 1. The molecule has 0 aliphatic heterocycles. The van der Waals surface area contributed by atoms with Gasteiger partial charge < -0.3 is 5.11 Å². The first-order chi connectivity index (χ1) is 7.33. The summed E-state index contributed by atoms with van der Waals surface area (Å²) in [6.07, 6.45) is 1.64. The van der Waals surface area contributed by atoms with Gasteiger partial charge in [0.15, 0.2) is 0 Å². The van der Waals surface area contributed by atoms with E-state index >= 15 is 0 Å². The lowest BCUT2D eigenvalue weighted by Crippen LogP contribution is -1.94. The van der Waals surface area contributed by atoms with Gasteiger partial charge in [-0.1, -0.05) is 5.21 Å². The molecule has 15 heavy (non-hydrogen) atoms. The minimum Gasteiger partial charge on any atom is -0.390 e. The van der Waals surface area contributed by atoms with Crippen LogP contribution in [0.1, 0.15) is 11.3 Å². The van der Waals surface area contributed by atoms with Crippen molar-refractivity contribution in [3.63, 3.8) is 0 Å². The normalized spacial score (nSPS) is 9.87. The van der Waals surface area contributed by atoms with Crippen LogP contribution in [0.2, 0.25) is 0 Å². The molecule has 0 fully saturated rings. The highest BCUT2D eigenvalue weighted by molar-refractivity contribution is 5.38. The van der Waals surface area contributed by atoms with Crippen molar-refractivity contribution in [2.75, 3.05) is 0 Å². The van der Waals surface area contributed by atoms with Gasteiger partial charge in [0.2, 0.25) is 0 Å². The highest BCUT2D eigenvalue weighted by atomic mass is 16.3. The molecule has 74 valence electrons. The fourth-order valence-electron chi connectivity index (χ4n) is 1.19. The summed E-state index contributed by atoms with van der Waals surface area (Å²) >= 11 is 0. The molecule has 1 aromatic heterocycles. The molecule has 0 amide bonds. The van der Waals surface area contributed by atoms with Crippen LogP contribution in [-0.4, -0.2) is 20.1 Å². The average molecular weight is 200 g/mol. The zero-order chi connectivity index (χ0) is 10.7. The summed E-state index contributed by atoms with van der Waals surface area (Å²) < 4.78 is 1.55. The Labute approximate surface area is 86.2 Å². The maximum Gasteiger partial charge on any atom is 0.109 e. The van der Waals surface area contributed by atoms with E-state index < -0.39 is 0 Å². The molecule has 2 rings (SSSR count). The van der Waals surface area contributed by atoms with E-state index in [9.17, 15) is 0 Å². The van der Waals surface area contributed by atoms with Gasteiger partial charge in [0, 0.05) is 0 Å². The molecule has 0 bridgehead atoms. The topological polar surface area (TPSA) is 74.7 Å². The van der Waals surface area contributed by atoms with Crippen molar-refractivity contribution in [2.45, 2.75) is 6.61 Å². The Balaban J connectivity index is 2.33. The quantitative estimate of drug-likeness (QED) is 0.771. The standard InChI is InChI=1S/C10H8N4O/c11-5-8-1-3-10(4-2-8)14-6-9(7-15)12-13-14/h1-4,6,15H,7H2. The lowest BCUT2D eigenvalue weighted by molar-refractivity contribution is 0.276. The van der Waals surface area contributed by atoms with Gasteiger partial charge in [0.1, 0.15) is 5.69 Å². The van der Waals surface area contributed by atoms with Gasteiger partial charge in [-0.2, -0.15) is 5.26 Å². The maximum absolute atomic E-state index is 8.82. The molecule has 1 aromatic carbocycles. The minimum absolute atomic E-state index is 0.129. The third-order valence-corrected chi connectivity index (χ3v) is 1.96. The van der Waals surface area contributed by atoms with Crippen LogP contribution in [0.25, 0.3) is 5.69 Å². The second-order valence-corrected chi connectivity index (χ2v) is 2.97. The van der Waals surface area contributed by atoms with Gasteiger partial charge in [-0.05, 0) is 24.3 Å². The van der Waals surface area contributed by atoms with Crippen LogP contribution in [-0.2, 0) is 6.61 Å². The molecule has 0 aliphatic carbocycles. The first-order valence-corrected chi connectivity index (χ1v) is 4.36. The number of nitriles is 1. The predicted octanol–water partition coefficient (Wildman–Crippen LogP) is 0.631. The molecule has 0 saturated carbocycles. The summed E-state index contributed by atoms with van der Waals surface area (Å²) in [5.41, 5.74) is 1.92. The number of hydrogen-bond donors (Lipinski definition) is 1. The second-order valence-electron chi connectivity index (χ2n) is 2.97. The van der Waals surface area contributed by atoms with Gasteiger partial charge >= 0.3 is 0 Å². The molecule has 0 aliphatic rings. The van der Waals surface area contributed by atoms with Crippen molar-refractivity contribution in [2.24, 2.45) is 0 Å². The van der Waals surface area contributed by atoms with E-state index in [0.717, 1.165) is 5.69 Å². The minimum atomic E-state index is -0.129. The van der Waals surface area contributed by atoms with Crippen molar-refractivity contribution in [1.29, 1.82) is 5.26 Å². The Morgan fingerprint density at radius 3 is 2.60 bits per heavy atom. The van der Waals surface area contributed by atoms with E-state index in [4.69, 9.17) is 10.4 Å². The number of aromatic nitrogens is 3. The van der Waals surface area contributed by atoms with Crippen LogP contribution < -0.4 is 0 Å². The van der Waals surface area contributed by atoms with Crippen LogP contribution in [0, 0.1) is 11.3 Å². The lowest BCUT2D eigenvalue weighted by atomic mass is 10.2. The molecule has 0 unspecified atom stereocenters. The van der Waals surface area contributed by atoms with E-state index in [1.165, 1.54) is 0 Å². The summed E-state index contributed by atoms with van der Waals surface area (Å²) in [6, 6.07) is 8.99. The summed E-state index contributed by atoms with van der Waals surface area (Å²) in [6.45, 7) is -0.129. The van der Waals surface area contributed by atoms with Crippen molar-refractivity contribution < 1.29 is 5.11 Å². The van der Waals surface area contributed by atoms with E-state index in [-0.39, 0.29) is 6.61 Å². The van der Waals surface area contributed by atoms with Crippen LogP contribution >= 0.6 is 0 Å². The highest BCUT2D eigenvalue weighted by Gasteiger charge is 2.01.